The zero-order chi connectivity index (χ0) is 14.1. The summed E-state index contributed by atoms with van der Waals surface area (Å²) in [5.74, 6) is 0. The van der Waals surface area contributed by atoms with Crippen LogP contribution in [0.2, 0.25) is 0 Å². The topological polar surface area (TPSA) is 19.7 Å². The molecule has 0 fully saturated rings. The summed E-state index contributed by atoms with van der Waals surface area (Å²) in [7, 11) is 0. The van der Waals surface area contributed by atoms with Gasteiger partial charge in [0, 0.05) is 41.6 Å². The minimum absolute atomic E-state index is 0. The SMILES string of the molecule is [Br-].c1ccc2c(CC[n+]3cccc4c3CCCC4)c[nH]c2c1. The van der Waals surface area contributed by atoms with E-state index in [0.29, 0.717) is 0 Å². The second-order valence-electron chi connectivity index (χ2n) is 5.99. The molecule has 0 bridgehead atoms. The lowest BCUT2D eigenvalue weighted by atomic mass is 9.95. The molecule has 4 rings (SSSR count). The monoisotopic (exact) mass is 356 g/mol. The summed E-state index contributed by atoms with van der Waals surface area (Å²) >= 11 is 0. The van der Waals surface area contributed by atoms with Crippen molar-refractivity contribution in [2.75, 3.05) is 0 Å². The average Bonchev–Trinajstić information content (AvgIpc) is 2.96. The van der Waals surface area contributed by atoms with Crippen LogP contribution in [0.5, 0.6) is 0 Å². The Hall–Kier alpha value is -1.61. The van der Waals surface area contributed by atoms with Crippen molar-refractivity contribution in [3.05, 3.63) is 65.6 Å². The predicted octanol–water partition coefficient (Wildman–Crippen LogP) is 0.581. The van der Waals surface area contributed by atoms with Crippen molar-refractivity contribution in [3.63, 3.8) is 0 Å². The van der Waals surface area contributed by atoms with Gasteiger partial charge in [-0.1, -0.05) is 18.2 Å². The Morgan fingerprint density at radius 2 is 1.86 bits per heavy atom. The Morgan fingerprint density at radius 3 is 2.82 bits per heavy atom. The number of rotatable bonds is 3. The van der Waals surface area contributed by atoms with Gasteiger partial charge in [0.15, 0.2) is 18.4 Å². The molecule has 1 aliphatic rings. The highest BCUT2D eigenvalue weighted by atomic mass is 79.9. The fraction of sp³-hybridized carbons (Fsp3) is 0.316. The maximum atomic E-state index is 3.38. The number of aryl methyl sites for hydroxylation is 3. The molecule has 1 N–H and O–H groups in total. The number of nitrogens with zero attached hydrogens (tertiary/aromatic N) is 1. The summed E-state index contributed by atoms with van der Waals surface area (Å²) in [5, 5.41) is 1.36. The Bertz CT molecular complexity index is 776. The maximum absolute atomic E-state index is 3.38. The first-order chi connectivity index (χ1) is 10.4. The molecule has 2 heterocycles. The molecule has 22 heavy (non-hydrogen) atoms. The molecule has 0 aliphatic heterocycles. The number of pyridine rings is 1. The molecule has 0 unspecified atom stereocenters. The maximum Gasteiger partial charge on any atom is 0.184 e. The second kappa shape index (κ2) is 6.66. The molecule has 0 amide bonds. The van der Waals surface area contributed by atoms with Gasteiger partial charge in [0.1, 0.15) is 0 Å². The van der Waals surface area contributed by atoms with E-state index in [1.54, 1.807) is 11.3 Å². The lowest BCUT2D eigenvalue weighted by molar-refractivity contribution is -0.704. The predicted molar refractivity (Wildman–Crippen MR) is 85.3 cm³/mol. The Morgan fingerprint density at radius 1 is 1.00 bits per heavy atom. The molecule has 0 atom stereocenters. The molecular weight excluding hydrogens is 336 g/mol. The number of halogens is 1. The Kier molecular flexibility index (Phi) is 4.63. The first kappa shape index (κ1) is 15.3. The number of aromatic amines is 1. The third-order valence-corrected chi connectivity index (χ3v) is 4.69. The highest BCUT2D eigenvalue weighted by Gasteiger charge is 2.19. The number of nitrogens with one attached hydrogen (secondary N) is 1. The van der Waals surface area contributed by atoms with Crippen LogP contribution in [0.1, 0.15) is 29.7 Å². The number of hydrogen-bond donors (Lipinski definition) is 1. The van der Waals surface area contributed by atoms with Crippen molar-refractivity contribution < 1.29 is 21.5 Å². The van der Waals surface area contributed by atoms with Gasteiger partial charge in [-0.3, -0.25) is 0 Å². The van der Waals surface area contributed by atoms with E-state index < -0.39 is 0 Å². The van der Waals surface area contributed by atoms with Gasteiger partial charge in [0.25, 0.3) is 0 Å². The lowest BCUT2D eigenvalue weighted by Crippen LogP contribution is -3.00. The van der Waals surface area contributed by atoms with Crippen LogP contribution in [0, 0.1) is 0 Å². The van der Waals surface area contributed by atoms with Gasteiger partial charge in [-0.05, 0) is 37.0 Å². The molecule has 1 aromatic carbocycles. The van der Waals surface area contributed by atoms with Gasteiger partial charge in [-0.25, -0.2) is 4.57 Å². The van der Waals surface area contributed by atoms with E-state index in [9.17, 15) is 0 Å². The standard InChI is InChI=1S/C19H21N2.BrH/c1-4-10-19-15(6-1)7-5-12-21(19)13-11-16-14-20-18-9-3-2-8-17(16)18;/h2-3,5,7-9,12,14,20H,1,4,6,10-11,13H2;1H/q+1;/p-1. The third kappa shape index (κ3) is 2.82. The molecular formula is C19H21BrN2. The summed E-state index contributed by atoms with van der Waals surface area (Å²) < 4.78 is 2.47. The molecule has 2 aromatic heterocycles. The van der Waals surface area contributed by atoms with Gasteiger partial charge in [-0.15, -0.1) is 0 Å². The van der Waals surface area contributed by atoms with Gasteiger partial charge in [-0.2, -0.15) is 0 Å². The van der Waals surface area contributed by atoms with Crippen molar-refractivity contribution in [1.29, 1.82) is 0 Å². The van der Waals surface area contributed by atoms with Crippen LogP contribution in [0.4, 0.5) is 0 Å². The highest BCUT2D eigenvalue weighted by Crippen LogP contribution is 2.19. The molecule has 3 heteroatoms. The van der Waals surface area contributed by atoms with Crippen LogP contribution in [0.15, 0.2) is 48.8 Å². The van der Waals surface area contributed by atoms with E-state index >= 15 is 0 Å². The largest absolute Gasteiger partial charge is 1.00 e. The van der Waals surface area contributed by atoms with E-state index in [1.165, 1.54) is 42.1 Å². The van der Waals surface area contributed by atoms with Crippen molar-refractivity contribution in [3.8, 4) is 0 Å². The smallest absolute Gasteiger partial charge is 0.184 e. The second-order valence-corrected chi connectivity index (χ2v) is 5.99. The van der Waals surface area contributed by atoms with E-state index in [0.717, 1.165) is 13.0 Å². The summed E-state index contributed by atoms with van der Waals surface area (Å²) in [4.78, 5) is 3.38. The number of aromatic nitrogens is 2. The summed E-state index contributed by atoms with van der Waals surface area (Å²) in [6, 6.07) is 13.1. The van der Waals surface area contributed by atoms with Gasteiger partial charge in [0.05, 0.1) is 0 Å². The molecule has 0 saturated carbocycles. The number of fused-ring (bicyclic) bond motifs is 2. The normalized spacial score (nSPS) is 13.6. The fourth-order valence-electron chi connectivity index (χ4n) is 3.56. The van der Waals surface area contributed by atoms with Crippen LogP contribution in [-0.4, -0.2) is 4.98 Å². The third-order valence-electron chi connectivity index (χ3n) is 4.69. The quantitative estimate of drug-likeness (QED) is 0.662. The Balaban J connectivity index is 0.00000144. The van der Waals surface area contributed by atoms with Crippen LogP contribution in [-0.2, 0) is 25.8 Å². The molecule has 0 saturated heterocycles. The molecule has 1 aliphatic carbocycles. The highest BCUT2D eigenvalue weighted by molar-refractivity contribution is 5.82. The number of benzene rings is 1. The minimum Gasteiger partial charge on any atom is -1.00 e. The minimum atomic E-state index is 0. The van der Waals surface area contributed by atoms with Crippen LogP contribution < -0.4 is 21.5 Å². The van der Waals surface area contributed by atoms with E-state index in [2.05, 4.69) is 58.3 Å². The van der Waals surface area contributed by atoms with Crippen LogP contribution in [0.25, 0.3) is 10.9 Å². The molecule has 0 spiro atoms. The van der Waals surface area contributed by atoms with Crippen molar-refractivity contribution in [1.82, 2.24) is 4.98 Å². The summed E-state index contributed by atoms with van der Waals surface area (Å²) in [6.45, 7) is 1.07. The number of para-hydroxylation sites is 1. The molecule has 114 valence electrons. The molecule has 3 aromatic rings. The zero-order valence-electron chi connectivity index (χ0n) is 12.7. The zero-order valence-corrected chi connectivity index (χ0v) is 14.3. The average molecular weight is 357 g/mol. The Labute approximate surface area is 142 Å². The van der Waals surface area contributed by atoms with Crippen molar-refractivity contribution in [2.24, 2.45) is 0 Å². The van der Waals surface area contributed by atoms with Crippen molar-refractivity contribution >= 4 is 10.9 Å². The van der Waals surface area contributed by atoms with Gasteiger partial charge in [0.2, 0.25) is 0 Å². The number of hydrogen-bond acceptors (Lipinski definition) is 0. The lowest BCUT2D eigenvalue weighted by Gasteiger charge is -2.13. The van der Waals surface area contributed by atoms with Crippen LogP contribution >= 0.6 is 0 Å². The first-order valence-corrected chi connectivity index (χ1v) is 7.97. The summed E-state index contributed by atoms with van der Waals surface area (Å²) in [6.07, 6.45) is 10.7. The first-order valence-electron chi connectivity index (χ1n) is 7.97. The van der Waals surface area contributed by atoms with Crippen molar-refractivity contribution in [2.45, 2.75) is 38.6 Å². The van der Waals surface area contributed by atoms with E-state index in [1.807, 2.05) is 0 Å². The summed E-state index contributed by atoms with van der Waals surface area (Å²) in [5.41, 5.74) is 5.78. The van der Waals surface area contributed by atoms with Crippen LogP contribution in [0.3, 0.4) is 0 Å². The molecule has 2 nitrogen and oxygen atoms in total. The number of H-pyrrole nitrogens is 1. The van der Waals surface area contributed by atoms with E-state index in [4.69, 9.17) is 0 Å². The van der Waals surface area contributed by atoms with Gasteiger partial charge >= 0.3 is 0 Å². The van der Waals surface area contributed by atoms with E-state index in [-0.39, 0.29) is 17.0 Å². The van der Waals surface area contributed by atoms with Gasteiger partial charge < -0.3 is 22.0 Å². The molecule has 0 radical (unpaired) electrons. The fourth-order valence-corrected chi connectivity index (χ4v) is 3.56.